The van der Waals surface area contributed by atoms with Crippen molar-refractivity contribution in [2.75, 3.05) is 14.1 Å². The van der Waals surface area contributed by atoms with Crippen LogP contribution in [-0.2, 0) is 19.6 Å². The Labute approximate surface area is 134 Å². The molecule has 0 radical (unpaired) electrons. The van der Waals surface area contributed by atoms with Gasteiger partial charge in [-0.2, -0.15) is 0 Å². The molecule has 0 aliphatic heterocycles. The first kappa shape index (κ1) is 16.1. The Morgan fingerprint density at radius 3 is 2.38 bits per heavy atom. The van der Waals surface area contributed by atoms with Gasteiger partial charge in [0.05, 0.1) is 0 Å². The molecule has 0 aromatic heterocycles. The van der Waals surface area contributed by atoms with Gasteiger partial charge in [0.2, 0.25) is 0 Å². The highest BCUT2D eigenvalue weighted by Gasteiger charge is 2.05. The number of halogens is 2. The van der Waals surface area contributed by atoms with Gasteiger partial charge in [-0.15, -0.1) is 0 Å². The lowest BCUT2D eigenvalue weighted by atomic mass is 10.1. The van der Waals surface area contributed by atoms with Gasteiger partial charge in [0, 0.05) is 24.1 Å². The van der Waals surface area contributed by atoms with Crippen molar-refractivity contribution in [1.82, 2.24) is 10.2 Å². The highest BCUT2D eigenvalue weighted by Crippen LogP contribution is 2.18. The lowest BCUT2D eigenvalue weighted by molar-refractivity contribution is 0.400. The summed E-state index contributed by atoms with van der Waals surface area (Å²) in [6, 6.07) is 13.1. The van der Waals surface area contributed by atoms with E-state index in [9.17, 15) is 4.39 Å². The average molecular weight is 351 g/mol. The summed E-state index contributed by atoms with van der Waals surface area (Å²) in [6.45, 7) is 2.32. The molecule has 2 aromatic carbocycles. The van der Waals surface area contributed by atoms with Crippen molar-refractivity contribution < 1.29 is 4.39 Å². The normalized spacial score (nSPS) is 11.1. The maximum absolute atomic E-state index is 13.3. The Bertz CT molecular complexity index is 599. The predicted molar refractivity (Wildman–Crippen MR) is 88.5 cm³/mol. The molecule has 2 aromatic rings. The van der Waals surface area contributed by atoms with Crippen LogP contribution >= 0.6 is 15.9 Å². The predicted octanol–water partition coefficient (Wildman–Crippen LogP) is 3.94. The van der Waals surface area contributed by atoms with Crippen LogP contribution in [0.2, 0.25) is 0 Å². The van der Waals surface area contributed by atoms with Crippen LogP contribution in [0.5, 0.6) is 0 Å². The van der Waals surface area contributed by atoms with Gasteiger partial charge in [0.15, 0.2) is 0 Å². The third kappa shape index (κ3) is 4.92. The number of nitrogens with zero attached hydrogens (tertiary/aromatic N) is 1. The number of benzene rings is 2. The third-order valence-electron chi connectivity index (χ3n) is 3.24. The van der Waals surface area contributed by atoms with Crippen LogP contribution in [0, 0.1) is 5.82 Å². The molecule has 112 valence electrons. The Hall–Kier alpha value is -1.23. The largest absolute Gasteiger partial charge is 0.309 e. The molecule has 0 saturated carbocycles. The second kappa shape index (κ2) is 7.69. The Kier molecular flexibility index (Phi) is 5.91. The molecule has 0 amide bonds. The average Bonchev–Trinajstić information content (AvgIpc) is 2.44. The van der Waals surface area contributed by atoms with Crippen molar-refractivity contribution in [3.05, 3.63) is 69.4 Å². The molecule has 0 aliphatic carbocycles. The van der Waals surface area contributed by atoms with E-state index in [1.54, 1.807) is 12.1 Å². The summed E-state index contributed by atoms with van der Waals surface area (Å²) in [6.07, 6.45) is 0. The summed E-state index contributed by atoms with van der Waals surface area (Å²) in [4.78, 5) is 2.15. The molecule has 1 N–H and O–H groups in total. The second-order valence-electron chi connectivity index (χ2n) is 5.35. The first-order chi connectivity index (χ1) is 10.1. The standard InChI is InChI=1S/C17H20BrFN2/c1-21(2)12-14-6-4-3-5-13(14)10-20-11-15-9-16(19)7-8-17(15)18/h3-9,20H,10-12H2,1-2H3. The van der Waals surface area contributed by atoms with E-state index in [2.05, 4.69) is 58.4 Å². The molecule has 0 heterocycles. The van der Waals surface area contributed by atoms with Crippen molar-refractivity contribution in [3.8, 4) is 0 Å². The van der Waals surface area contributed by atoms with Crippen molar-refractivity contribution >= 4 is 15.9 Å². The van der Waals surface area contributed by atoms with Crippen LogP contribution in [-0.4, -0.2) is 19.0 Å². The van der Waals surface area contributed by atoms with E-state index in [1.165, 1.54) is 17.2 Å². The Balaban J connectivity index is 1.99. The van der Waals surface area contributed by atoms with E-state index in [4.69, 9.17) is 0 Å². The Morgan fingerprint density at radius 2 is 1.67 bits per heavy atom. The zero-order valence-corrected chi connectivity index (χ0v) is 14.0. The molecule has 0 saturated heterocycles. The van der Waals surface area contributed by atoms with Gasteiger partial charge >= 0.3 is 0 Å². The lowest BCUT2D eigenvalue weighted by Gasteiger charge is -2.15. The fraction of sp³-hybridized carbons (Fsp3) is 0.294. The molecule has 2 nitrogen and oxygen atoms in total. The number of rotatable bonds is 6. The van der Waals surface area contributed by atoms with Gasteiger partial charge in [0.1, 0.15) is 5.82 Å². The summed E-state index contributed by atoms with van der Waals surface area (Å²) < 4.78 is 14.2. The van der Waals surface area contributed by atoms with E-state index >= 15 is 0 Å². The van der Waals surface area contributed by atoms with Gasteiger partial charge in [0.25, 0.3) is 0 Å². The maximum atomic E-state index is 13.3. The monoisotopic (exact) mass is 350 g/mol. The second-order valence-corrected chi connectivity index (χ2v) is 6.20. The third-order valence-corrected chi connectivity index (χ3v) is 4.02. The molecule has 0 unspecified atom stereocenters. The van der Waals surface area contributed by atoms with Crippen LogP contribution < -0.4 is 5.32 Å². The van der Waals surface area contributed by atoms with Gasteiger partial charge in [-0.25, -0.2) is 4.39 Å². The lowest BCUT2D eigenvalue weighted by Crippen LogP contribution is -2.17. The maximum Gasteiger partial charge on any atom is 0.123 e. The molecule has 21 heavy (non-hydrogen) atoms. The molecule has 0 bridgehead atoms. The van der Waals surface area contributed by atoms with Gasteiger partial charge in [-0.3, -0.25) is 0 Å². The first-order valence-electron chi connectivity index (χ1n) is 6.92. The summed E-state index contributed by atoms with van der Waals surface area (Å²) in [5, 5.41) is 3.38. The minimum Gasteiger partial charge on any atom is -0.309 e. The van der Waals surface area contributed by atoms with Crippen molar-refractivity contribution in [1.29, 1.82) is 0 Å². The smallest absolute Gasteiger partial charge is 0.123 e. The number of hydrogen-bond donors (Lipinski definition) is 1. The summed E-state index contributed by atoms with van der Waals surface area (Å²) in [7, 11) is 4.13. The molecule has 0 aliphatic rings. The van der Waals surface area contributed by atoms with Crippen LogP contribution in [0.15, 0.2) is 46.9 Å². The van der Waals surface area contributed by atoms with E-state index in [1.807, 2.05) is 6.07 Å². The SMILES string of the molecule is CN(C)Cc1ccccc1CNCc1cc(F)ccc1Br. The minimum atomic E-state index is -0.206. The van der Waals surface area contributed by atoms with E-state index in [-0.39, 0.29) is 5.82 Å². The van der Waals surface area contributed by atoms with Crippen molar-refractivity contribution in [2.24, 2.45) is 0 Å². The highest BCUT2D eigenvalue weighted by atomic mass is 79.9. The van der Waals surface area contributed by atoms with Crippen LogP contribution in [0.4, 0.5) is 4.39 Å². The van der Waals surface area contributed by atoms with E-state index < -0.39 is 0 Å². The van der Waals surface area contributed by atoms with E-state index in [0.29, 0.717) is 6.54 Å². The molecular weight excluding hydrogens is 331 g/mol. The molecule has 4 heteroatoms. The van der Waals surface area contributed by atoms with Gasteiger partial charge in [-0.05, 0) is 49.0 Å². The highest BCUT2D eigenvalue weighted by molar-refractivity contribution is 9.10. The summed E-state index contributed by atoms with van der Waals surface area (Å²) >= 11 is 3.45. The quantitative estimate of drug-likeness (QED) is 0.848. The molecule has 0 fully saturated rings. The van der Waals surface area contributed by atoms with Crippen LogP contribution in [0.25, 0.3) is 0 Å². The van der Waals surface area contributed by atoms with Crippen LogP contribution in [0.3, 0.4) is 0 Å². The number of nitrogens with one attached hydrogen (secondary N) is 1. The first-order valence-corrected chi connectivity index (χ1v) is 7.71. The molecule has 2 rings (SSSR count). The topological polar surface area (TPSA) is 15.3 Å². The number of hydrogen-bond acceptors (Lipinski definition) is 2. The van der Waals surface area contributed by atoms with E-state index in [0.717, 1.165) is 23.1 Å². The minimum absolute atomic E-state index is 0.206. The van der Waals surface area contributed by atoms with Gasteiger partial charge in [-0.1, -0.05) is 40.2 Å². The van der Waals surface area contributed by atoms with Crippen molar-refractivity contribution in [2.45, 2.75) is 19.6 Å². The van der Waals surface area contributed by atoms with Crippen LogP contribution in [0.1, 0.15) is 16.7 Å². The zero-order valence-electron chi connectivity index (χ0n) is 12.4. The van der Waals surface area contributed by atoms with Gasteiger partial charge < -0.3 is 10.2 Å². The Morgan fingerprint density at radius 1 is 1.00 bits per heavy atom. The molecule has 0 atom stereocenters. The fourth-order valence-electron chi connectivity index (χ4n) is 2.24. The molecular formula is C17H20BrFN2. The van der Waals surface area contributed by atoms with Crippen molar-refractivity contribution in [3.63, 3.8) is 0 Å². The zero-order chi connectivity index (χ0) is 15.2. The molecule has 0 spiro atoms. The summed E-state index contributed by atoms with van der Waals surface area (Å²) in [5.74, 6) is -0.206. The fourth-order valence-corrected chi connectivity index (χ4v) is 2.62. The summed E-state index contributed by atoms with van der Waals surface area (Å²) in [5.41, 5.74) is 3.52.